The standard InChI is InChI=1S/C17H17N/c1-4-5-6-9-13(2)17-12-14(3)15-10-7-8-11-16(15)18-17/h4-12H,2H2,1,3H3/b5-4-,9-6-. The van der Waals surface area contributed by atoms with Crippen molar-refractivity contribution < 1.29 is 0 Å². The van der Waals surface area contributed by atoms with Crippen molar-refractivity contribution in [2.45, 2.75) is 13.8 Å². The van der Waals surface area contributed by atoms with E-state index in [2.05, 4.69) is 30.6 Å². The molecule has 0 N–H and O–H groups in total. The first-order chi connectivity index (χ1) is 8.72. The van der Waals surface area contributed by atoms with Gasteiger partial charge in [-0.05, 0) is 37.1 Å². The molecule has 1 aromatic heterocycles. The maximum atomic E-state index is 4.64. The van der Waals surface area contributed by atoms with Crippen molar-refractivity contribution in [1.29, 1.82) is 0 Å². The SMILES string of the molecule is C=C(/C=C\C=C/C)c1cc(C)c2ccccc2n1. The van der Waals surface area contributed by atoms with Gasteiger partial charge in [0.2, 0.25) is 0 Å². The summed E-state index contributed by atoms with van der Waals surface area (Å²) in [5.41, 5.74) is 4.12. The monoisotopic (exact) mass is 235 g/mol. The fourth-order valence-corrected chi connectivity index (χ4v) is 1.88. The van der Waals surface area contributed by atoms with E-state index in [-0.39, 0.29) is 0 Å². The first-order valence-corrected chi connectivity index (χ1v) is 6.07. The van der Waals surface area contributed by atoms with E-state index in [0.29, 0.717) is 0 Å². The Balaban J connectivity index is 2.43. The fraction of sp³-hybridized carbons (Fsp3) is 0.118. The van der Waals surface area contributed by atoms with Crippen LogP contribution in [0.1, 0.15) is 18.2 Å². The minimum Gasteiger partial charge on any atom is -0.248 e. The van der Waals surface area contributed by atoms with Gasteiger partial charge in [-0.2, -0.15) is 0 Å². The average Bonchev–Trinajstić information content (AvgIpc) is 2.39. The van der Waals surface area contributed by atoms with E-state index in [1.807, 2.05) is 49.4 Å². The Bertz CT molecular complexity index is 633. The van der Waals surface area contributed by atoms with Crippen molar-refractivity contribution >= 4 is 16.5 Å². The molecule has 0 unspecified atom stereocenters. The van der Waals surface area contributed by atoms with E-state index >= 15 is 0 Å². The van der Waals surface area contributed by atoms with Gasteiger partial charge in [0.15, 0.2) is 0 Å². The maximum absolute atomic E-state index is 4.64. The number of aryl methyl sites for hydroxylation is 1. The summed E-state index contributed by atoms with van der Waals surface area (Å²) in [5.74, 6) is 0. The number of pyridine rings is 1. The molecule has 0 spiro atoms. The quantitative estimate of drug-likeness (QED) is 0.703. The normalized spacial score (nSPS) is 11.7. The van der Waals surface area contributed by atoms with Crippen LogP contribution in [0.2, 0.25) is 0 Å². The number of allylic oxidation sites excluding steroid dienone is 5. The van der Waals surface area contributed by atoms with Crippen LogP contribution in [0.25, 0.3) is 16.5 Å². The molecule has 1 aromatic carbocycles. The molecule has 1 nitrogen and oxygen atoms in total. The highest BCUT2D eigenvalue weighted by Gasteiger charge is 2.03. The van der Waals surface area contributed by atoms with Gasteiger partial charge in [-0.15, -0.1) is 0 Å². The van der Waals surface area contributed by atoms with Gasteiger partial charge in [0.05, 0.1) is 11.2 Å². The molecule has 0 aliphatic carbocycles. The molecule has 0 atom stereocenters. The van der Waals surface area contributed by atoms with Crippen LogP contribution in [0.5, 0.6) is 0 Å². The Morgan fingerprint density at radius 3 is 2.78 bits per heavy atom. The topological polar surface area (TPSA) is 12.9 Å². The predicted octanol–water partition coefficient (Wildman–Crippen LogP) is 4.69. The summed E-state index contributed by atoms with van der Waals surface area (Å²) in [5, 5.41) is 1.20. The lowest BCUT2D eigenvalue weighted by atomic mass is 10.1. The minimum atomic E-state index is 0.932. The number of rotatable bonds is 3. The van der Waals surface area contributed by atoms with Crippen LogP contribution in [0.4, 0.5) is 0 Å². The van der Waals surface area contributed by atoms with E-state index in [0.717, 1.165) is 16.8 Å². The van der Waals surface area contributed by atoms with E-state index in [9.17, 15) is 0 Å². The summed E-state index contributed by atoms with van der Waals surface area (Å²) >= 11 is 0. The summed E-state index contributed by atoms with van der Waals surface area (Å²) in [4.78, 5) is 4.64. The van der Waals surface area contributed by atoms with Crippen LogP contribution < -0.4 is 0 Å². The summed E-state index contributed by atoms with van der Waals surface area (Å²) in [6, 6.07) is 10.3. The first kappa shape index (κ1) is 12.3. The molecular weight excluding hydrogens is 218 g/mol. The van der Waals surface area contributed by atoms with Crippen LogP contribution >= 0.6 is 0 Å². The maximum Gasteiger partial charge on any atom is 0.0712 e. The van der Waals surface area contributed by atoms with Gasteiger partial charge in [0.1, 0.15) is 0 Å². The highest BCUT2D eigenvalue weighted by Crippen LogP contribution is 2.21. The van der Waals surface area contributed by atoms with Gasteiger partial charge >= 0.3 is 0 Å². The van der Waals surface area contributed by atoms with Crippen LogP contribution in [-0.4, -0.2) is 4.98 Å². The molecule has 0 amide bonds. The molecule has 90 valence electrons. The molecule has 0 aliphatic rings. The molecule has 1 heterocycles. The zero-order valence-electron chi connectivity index (χ0n) is 10.9. The van der Waals surface area contributed by atoms with E-state index < -0.39 is 0 Å². The Hall–Kier alpha value is -2.15. The second-order valence-electron chi connectivity index (χ2n) is 4.25. The molecule has 0 fully saturated rings. The molecular formula is C17H17N. The highest BCUT2D eigenvalue weighted by atomic mass is 14.7. The third-order valence-electron chi connectivity index (χ3n) is 2.85. The third-order valence-corrected chi connectivity index (χ3v) is 2.85. The average molecular weight is 235 g/mol. The lowest BCUT2D eigenvalue weighted by Gasteiger charge is -2.06. The van der Waals surface area contributed by atoms with Crippen molar-refractivity contribution in [3.05, 3.63) is 72.5 Å². The van der Waals surface area contributed by atoms with E-state index in [4.69, 9.17) is 0 Å². The van der Waals surface area contributed by atoms with Gasteiger partial charge < -0.3 is 0 Å². The number of para-hydroxylation sites is 1. The number of benzene rings is 1. The number of fused-ring (bicyclic) bond motifs is 1. The molecule has 0 bridgehead atoms. The largest absolute Gasteiger partial charge is 0.248 e. The lowest BCUT2D eigenvalue weighted by molar-refractivity contribution is 1.32. The van der Waals surface area contributed by atoms with Gasteiger partial charge in [0, 0.05) is 5.39 Å². The Morgan fingerprint density at radius 1 is 1.22 bits per heavy atom. The van der Waals surface area contributed by atoms with Gasteiger partial charge in [-0.25, -0.2) is 4.98 Å². The second kappa shape index (κ2) is 5.46. The smallest absolute Gasteiger partial charge is 0.0712 e. The van der Waals surface area contributed by atoms with Gasteiger partial charge in [-0.1, -0.05) is 49.1 Å². The molecule has 0 saturated carbocycles. The molecule has 0 radical (unpaired) electrons. The molecule has 18 heavy (non-hydrogen) atoms. The number of hydrogen-bond donors (Lipinski definition) is 0. The van der Waals surface area contributed by atoms with Crippen LogP contribution in [0.15, 0.2) is 61.2 Å². The van der Waals surface area contributed by atoms with E-state index in [1.54, 1.807) is 0 Å². The Labute approximate surface area is 108 Å². The summed E-state index contributed by atoms with van der Waals surface area (Å²) in [6.45, 7) is 8.16. The van der Waals surface area contributed by atoms with Crippen LogP contribution in [0.3, 0.4) is 0 Å². The Kier molecular flexibility index (Phi) is 3.73. The zero-order chi connectivity index (χ0) is 13.0. The molecule has 0 saturated heterocycles. The summed E-state index contributed by atoms with van der Waals surface area (Å²) in [7, 11) is 0. The molecule has 1 heteroatoms. The number of hydrogen-bond acceptors (Lipinski definition) is 1. The zero-order valence-corrected chi connectivity index (χ0v) is 10.9. The first-order valence-electron chi connectivity index (χ1n) is 6.07. The van der Waals surface area contributed by atoms with Crippen molar-refractivity contribution in [3.63, 3.8) is 0 Å². The van der Waals surface area contributed by atoms with Gasteiger partial charge in [0.25, 0.3) is 0 Å². The molecule has 0 aliphatic heterocycles. The van der Waals surface area contributed by atoms with Crippen molar-refractivity contribution in [3.8, 4) is 0 Å². The summed E-state index contributed by atoms with van der Waals surface area (Å²) < 4.78 is 0. The third kappa shape index (κ3) is 2.57. The van der Waals surface area contributed by atoms with Crippen LogP contribution in [-0.2, 0) is 0 Å². The second-order valence-corrected chi connectivity index (χ2v) is 4.25. The highest BCUT2D eigenvalue weighted by molar-refractivity contribution is 5.85. The van der Waals surface area contributed by atoms with Gasteiger partial charge in [-0.3, -0.25) is 0 Å². The number of aromatic nitrogens is 1. The van der Waals surface area contributed by atoms with Crippen molar-refractivity contribution in [2.24, 2.45) is 0 Å². The number of nitrogens with zero attached hydrogens (tertiary/aromatic N) is 1. The van der Waals surface area contributed by atoms with Crippen molar-refractivity contribution in [1.82, 2.24) is 4.98 Å². The molecule has 2 aromatic rings. The van der Waals surface area contributed by atoms with E-state index in [1.165, 1.54) is 10.9 Å². The molecule has 2 rings (SSSR count). The van der Waals surface area contributed by atoms with Crippen molar-refractivity contribution in [2.75, 3.05) is 0 Å². The summed E-state index contributed by atoms with van der Waals surface area (Å²) in [6.07, 6.45) is 7.94. The Morgan fingerprint density at radius 2 is 2.00 bits per heavy atom. The predicted molar refractivity (Wildman–Crippen MR) is 79.5 cm³/mol. The van der Waals surface area contributed by atoms with Crippen LogP contribution in [0, 0.1) is 6.92 Å². The minimum absolute atomic E-state index is 0.932. The lowest BCUT2D eigenvalue weighted by Crippen LogP contribution is -1.90. The fourth-order valence-electron chi connectivity index (χ4n) is 1.88.